The Balaban J connectivity index is 2.57. The number of anilines is 1. The van der Waals surface area contributed by atoms with Gasteiger partial charge in [-0.25, -0.2) is 4.39 Å². The van der Waals surface area contributed by atoms with Crippen molar-refractivity contribution in [3.05, 3.63) is 30.1 Å². The summed E-state index contributed by atoms with van der Waals surface area (Å²) in [6, 6.07) is 6.37. The van der Waals surface area contributed by atoms with E-state index in [9.17, 15) is 9.50 Å². The summed E-state index contributed by atoms with van der Waals surface area (Å²) >= 11 is 0. The molecule has 90 valence electrons. The van der Waals surface area contributed by atoms with E-state index >= 15 is 0 Å². The summed E-state index contributed by atoms with van der Waals surface area (Å²) in [7, 11) is 0. The Morgan fingerprint density at radius 1 is 1.38 bits per heavy atom. The Labute approximate surface area is 95.7 Å². The summed E-state index contributed by atoms with van der Waals surface area (Å²) in [5.41, 5.74) is 6.31. The van der Waals surface area contributed by atoms with E-state index in [2.05, 4.69) is 4.90 Å². The van der Waals surface area contributed by atoms with Crippen molar-refractivity contribution in [2.24, 2.45) is 5.73 Å². The van der Waals surface area contributed by atoms with Crippen LogP contribution in [0, 0.1) is 5.82 Å². The molecule has 0 saturated carbocycles. The minimum absolute atomic E-state index is 0.234. The molecule has 1 aromatic carbocycles. The van der Waals surface area contributed by atoms with Crippen LogP contribution in [0.1, 0.15) is 13.3 Å². The average Bonchev–Trinajstić information content (AvgIpc) is 2.31. The van der Waals surface area contributed by atoms with Crippen molar-refractivity contribution in [1.29, 1.82) is 0 Å². The third-order valence-electron chi connectivity index (χ3n) is 2.58. The van der Waals surface area contributed by atoms with Crippen LogP contribution < -0.4 is 10.6 Å². The van der Waals surface area contributed by atoms with Gasteiger partial charge >= 0.3 is 0 Å². The van der Waals surface area contributed by atoms with Crippen molar-refractivity contribution in [3.63, 3.8) is 0 Å². The van der Waals surface area contributed by atoms with Crippen LogP contribution in [0.15, 0.2) is 24.3 Å². The Kier molecular flexibility index (Phi) is 5.22. The van der Waals surface area contributed by atoms with Gasteiger partial charge in [0, 0.05) is 25.3 Å². The second-order valence-electron chi connectivity index (χ2n) is 3.73. The largest absolute Gasteiger partial charge is 0.392 e. The minimum Gasteiger partial charge on any atom is -0.392 e. The highest BCUT2D eigenvalue weighted by Gasteiger charge is 2.07. The van der Waals surface area contributed by atoms with E-state index in [4.69, 9.17) is 5.73 Å². The maximum atomic E-state index is 12.7. The van der Waals surface area contributed by atoms with E-state index in [0.29, 0.717) is 6.42 Å². The first kappa shape index (κ1) is 12.9. The Morgan fingerprint density at radius 2 is 2.00 bits per heavy atom. The molecule has 0 fully saturated rings. The Bertz CT molecular complexity index is 302. The lowest BCUT2D eigenvalue weighted by molar-refractivity contribution is 0.174. The maximum absolute atomic E-state index is 12.7. The van der Waals surface area contributed by atoms with Crippen molar-refractivity contribution in [2.75, 3.05) is 24.5 Å². The van der Waals surface area contributed by atoms with Crippen LogP contribution in [-0.4, -0.2) is 30.8 Å². The summed E-state index contributed by atoms with van der Waals surface area (Å²) in [6.45, 7) is 3.85. The van der Waals surface area contributed by atoms with Gasteiger partial charge in [-0.2, -0.15) is 0 Å². The summed E-state index contributed by atoms with van der Waals surface area (Å²) in [4.78, 5) is 2.08. The lowest BCUT2D eigenvalue weighted by Crippen LogP contribution is -2.29. The third-order valence-corrected chi connectivity index (χ3v) is 2.58. The molecule has 0 aliphatic heterocycles. The van der Waals surface area contributed by atoms with E-state index in [1.807, 2.05) is 6.92 Å². The minimum atomic E-state index is -0.463. The first-order valence-electron chi connectivity index (χ1n) is 5.56. The second-order valence-corrected chi connectivity index (χ2v) is 3.73. The zero-order chi connectivity index (χ0) is 12.0. The topological polar surface area (TPSA) is 49.5 Å². The van der Waals surface area contributed by atoms with Gasteiger partial charge in [0.15, 0.2) is 0 Å². The van der Waals surface area contributed by atoms with Crippen LogP contribution in [0.3, 0.4) is 0 Å². The fourth-order valence-corrected chi connectivity index (χ4v) is 1.54. The number of hydrogen-bond donors (Lipinski definition) is 2. The smallest absolute Gasteiger partial charge is 0.123 e. The molecule has 16 heavy (non-hydrogen) atoms. The number of halogens is 1. The average molecular weight is 226 g/mol. The second kappa shape index (κ2) is 6.45. The molecule has 0 amide bonds. The van der Waals surface area contributed by atoms with E-state index in [1.54, 1.807) is 12.1 Å². The maximum Gasteiger partial charge on any atom is 0.123 e. The van der Waals surface area contributed by atoms with Gasteiger partial charge in [0.1, 0.15) is 5.82 Å². The quantitative estimate of drug-likeness (QED) is 0.770. The number of nitrogens with two attached hydrogens (primary N) is 1. The number of rotatable bonds is 6. The number of aliphatic hydroxyl groups excluding tert-OH is 1. The molecule has 1 aromatic rings. The first-order valence-corrected chi connectivity index (χ1v) is 5.56. The molecular weight excluding hydrogens is 207 g/mol. The van der Waals surface area contributed by atoms with E-state index in [0.717, 1.165) is 18.8 Å². The summed E-state index contributed by atoms with van der Waals surface area (Å²) in [6.07, 6.45) is 0.163. The van der Waals surface area contributed by atoms with Gasteiger partial charge < -0.3 is 15.7 Å². The number of aliphatic hydroxyl groups is 1. The predicted octanol–water partition coefficient (Wildman–Crippen LogP) is 1.36. The predicted molar refractivity (Wildman–Crippen MR) is 64.0 cm³/mol. The molecule has 0 aromatic heterocycles. The first-order chi connectivity index (χ1) is 7.67. The van der Waals surface area contributed by atoms with Crippen molar-refractivity contribution in [1.82, 2.24) is 0 Å². The van der Waals surface area contributed by atoms with Crippen LogP contribution >= 0.6 is 0 Å². The molecule has 0 bridgehead atoms. The van der Waals surface area contributed by atoms with Crippen LogP contribution in [0.5, 0.6) is 0 Å². The van der Waals surface area contributed by atoms with Gasteiger partial charge in [0.05, 0.1) is 6.10 Å². The molecule has 3 N–H and O–H groups in total. The highest BCUT2D eigenvalue weighted by atomic mass is 19.1. The van der Waals surface area contributed by atoms with E-state index in [1.165, 1.54) is 12.1 Å². The van der Waals surface area contributed by atoms with Crippen molar-refractivity contribution in [2.45, 2.75) is 19.4 Å². The lowest BCUT2D eigenvalue weighted by Gasteiger charge is -2.24. The fraction of sp³-hybridized carbons (Fsp3) is 0.500. The zero-order valence-electron chi connectivity index (χ0n) is 9.56. The molecule has 1 unspecified atom stereocenters. The van der Waals surface area contributed by atoms with E-state index < -0.39 is 6.10 Å². The molecule has 0 heterocycles. The van der Waals surface area contributed by atoms with Crippen molar-refractivity contribution < 1.29 is 9.50 Å². The Morgan fingerprint density at radius 3 is 2.50 bits per heavy atom. The lowest BCUT2D eigenvalue weighted by atomic mass is 10.2. The monoisotopic (exact) mass is 226 g/mol. The molecule has 4 heteroatoms. The molecule has 0 radical (unpaired) electrons. The number of hydrogen-bond acceptors (Lipinski definition) is 3. The van der Waals surface area contributed by atoms with Crippen LogP contribution in [0.4, 0.5) is 10.1 Å². The summed E-state index contributed by atoms with van der Waals surface area (Å²) in [5.74, 6) is -0.234. The third kappa shape index (κ3) is 3.79. The van der Waals surface area contributed by atoms with Crippen LogP contribution in [0.2, 0.25) is 0 Å². The highest BCUT2D eigenvalue weighted by molar-refractivity contribution is 5.45. The molecule has 0 aliphatic carbocycles. The molecule has 0 spiro atoms. The van der Waals surface area contributed by atoms with Gasteiger partial charge in [-0.15, -0.1) is 0 Å². The van der Waals surface area contributed by atoms with Crippen LogP contribution in [0.25, 0.3) is 0 Å². The van der Waals surface area contributed by atoms with Gasteiger partial charge in [-0.3, -0.25) is 0 Å². The zero-order valence-corrected chi connectivity index (χ0v) is 9.56. The van der Waals surface area contributed by atoms with Gasteiger partial charge in [0.25, 0.3) is 0 Å². The standard InChI is InChI=1S/C12H19FN2O/c1-2-15(8-7-12(16)9-14)11-5-3-10(13)4-6-11/h3-6,12,16H,2,7-9,14H2,1H3. The fourth-order valence-electron chi connectivity index (χ4n) is 1.54. The van der Waals surface area contributed by atoms with Gasteiger partial charge in [0.2, 0.25) is 0 Å². The molecule has 0 saturated heterocycles. The van der Waals surface area contributed by atoms with Gasteiger partial charge in [-0.1, -0.05) is 0 Å². The van der Waals surface area contributed by atoms with Gasteiger partial charge in [-0.05, 0) is 37.6 Å². The normalized spacial score (nSPS) is 12.5. The molecular formula is C12H19FN2O. The summed E-state index contributed by atoms with van der Waals surface area (Å²) < 4.78 is 12.7. The highest BCUT2D eigenvalue weighted by Crippen LogP contribution is 2.15. The Hall–Kier alpha value is -1.13. The molecule has 1 atom stereocenters. The molecule has 3 nitrogen and oxygen atoms in total. The molecule has 1 rings (SSSR count). The number of benzene rings is 1. The van der Waals surface area contributed by atoms with E-state index in [-0.39, 0.29) is 12.4 Å². The SMILES string of the molecule is CCN(CCC(O)CN)c1ccc(F)cc1. The molecule has 0 aliphatic rings. The summed E-state index contributed by atoms with van der Waals surface area (Å²) in [5, 5.41) is 9.38. The van der Waals surface area contributed by atoms with Crippen molar-refractivity contribution >= 4 is 5.69 Å². The number of nitrogens with zero attached hydrogens (tertiary/aromatic N) is 1. The van der Waals surface area contributed by atoms with Crippen LogP contribution in [-0.2, 0) is 0 Å². The van der Waals surface area contributed by atoms with Crippen molar-refractivity contribution in [3.8, 4) is 0 Å².